The minimum absolute atomic E-state index is 0.178. The van der Waals surface area contributed by atoms with Crippen molar-refractivity contribution in [1.29, 1.82) is 0 Å². The Balaban J connectivity index is 1.91. The largest absolute Gasteiger partial charge is 0.361 e. The molecule has 0 aromatic carbocycles. The zero-order valence-electron chi connectivity index (χ0n) is 12.2. The van der Waals surface area contributed by atoms with Crippen molar-refractivity contribution in [3.05, 3.63) is 17.0 Å². The van der Waals surface area contributed by atoms with E-state index in [4.69, 9.17) is 4.52 Å². The zero-order chi connectivity index (χ0) is 14.0. The number of aromatic nitrogens is 1. The quantitative estimate of drug-likeness (QED) is 0.907. The lowest BCUT2D eigenvalue weighted by Crippen LogP contribution is -2.44. The molecule has 1 amide bonds. The maximum Gasteiger partial charge on any atom is 0.219 e. The van der Waals surface area contributed by atoms with Crippen molar-refractivity contribution in [3.8, 4) is 0 Å². The fourth-order valence-electron chi connectivity index (χ4n) is 2.91. The van der Waals surface area contributed by atoms with Gasteiger partial charge in [0.15, 0.2) is 0 Å². The van der Waals surface area contributed by atoms with Crippen LogP contribution in [0.5, 0.6) is 0 Å². The lowest BCUT2D eigenvalue weighted by Gasteiger charge is -2.33. The molecule has 0 radical (unpaired) electrons. The number of piperidine rings is 1. The van der Waals surface area contributed by atoms with Crippen molar-refractivity contribution in [3.63, 3.8) is 0 Å². The van der Waals surface area contributed by atoms with Gasteiger partial charge in [0.05, 0.1) is 5.69 Å². The van der Waals surface area contributed by atoms with Crippen LogP contribution >= 0.6 is 0 Å². The van der Waals surface area contributed by atoms with Gasteiger partial charge in [0.25, 0.3) is 0 Å². The topological polar surface area (TPSA) is 58.4 Å². The third kappa shape index (κ3) is 3.15. The predicted octanol–water partition coefficient (Wildman–Crippen LogP) is 1.95. The summed E-state index contributed by atoms with van der Waals surface area (Å²) in [6.07, 6.45) is 2.01. The van der Waals surface area contributed by atoms with E-state index >= 15 is 0 Å². The number of rotatable bonds is 3. The van der Waals surface area contributed by atoms with Crippen molar-refractivity contribution in [2.24, 2.45) is 0 Å². The second kappa shape index (κ2) is 5.74. The molecule has 1 saturated heterocycles. The van der Waals surface area contributed by atoms with Gasteiger partial charge in [-0.05, 0) is 33.6 Å². The Kier molecular flexibility index (Phi) is 4.24. The van der Waals surface area contributed by atoms with E-state index in [0.717, 1.165) is 42.9 Å². The Morgan fingerprint density at radius 1 is 1.42 bits per heavy atom. The summed E-state index contributed by atoms with van der Waals surface area (Å²) < 4.78 is 5.21. The van der Waals surface area contributed by atoms with Gasteiger partial charge in [-0.3, -0.25) is 4.79 Å². The number of aryl methyl sites for hydroxylation is 2. The first-order chi connectivity index (χ1) is 8.99. The highest BCUT2D eigenvalue weighted by Crippen LogP contribution is 2.23. The van der Waals surface area contributed by atoms with E-state index in [-0.39, 0.29) is 11.9 Å². The number of nitrogens with zero attached hydrogens (tertiary/aromatic N) is 2. The van der Waals surface area contributed by atoms with Gasteiger partial charge in [-0.1, -0.05) is 5.16 Å². The van der Waals surface area contributed by atoms with Crippen LogP contribution in [0, 0.1) is 13.8 Å². The fraction of sp³-hybridized carbons (Fsp3) is 0.714. The van der Waals surface area contributed by atoms with Crippen LogP contribution in [0.4, 0.5) is 0 Å². The van der Waals surface area contributed by atoms with Crippen molar-refractivity contribution >= 4 is 5.91 Å². The molecule has 0 bridgehead atoms. The van der Waals surface area contributed by atoms with Gasteiger partial charge in [-0.25, -0.2) is 0 Å². The minimum Gasteiger partial charge on any atom is -0.361 e. The minimum atomic E-state index is 0.178. The molecule has 1 unspecified atom stereocenters. The number of carbonyl (C=O) groups is 1. The Hall–Kier alpha value is -1.36. The van der Waals surface area contributed by atoms with E-state index in [1.54, 1.807) is 6.92 Å². The Morgan fingerprint density at radius 3 is 2.53 bits per heavy atom. The standard InChI is InChI=1S/C14H23N3O2/c1-9(14-10(2)16-19-11(14)3)15-13-5-7-17(8-6-13)12(4)18/h9,13,15H,5-8H2,1-4H3. The van der Waals surface area contributed by atoms with E-state index < -0.39 is 0 Å². The number of likely N-dealkylation sites (tertiary alicyclic amines) is 1. The number of nitrogens with one attached hydrogen (secondary N) is 1. The van der Waals surface area contributed by atoms with E-state index in [1.165, 1.54) is 0 Å². The highest BCUT2D eigenvalue weighted by molar-refractivity contribution is 5.73. The summed E-state index contributed by atoms with van der Waals surface area (Å²) in [6.45, 7) is 9.40. The van der Waals surface area contributed by atoms with Gasteiger partial charge in [-0.2, -0.15) is 0 Å². The van der Waals surface area contributed by atoms with Crippen LogP contribution < -0.4 is 5.32 Å². The molecule has 5 nitrogen and oxygen atoms in total. The van der Waals surface area contributed by atoms with Gasteiger partial charge in [0.1, 0.15) is 5.76 Å². The molecule has 0 spiro atoms. The van der Waals surface area contributed by atoms with Crippen LogP contribution in [0.25, 0.3) is 0 Å². The Morgan fingerprint density at radius 2 is 2.05 bits per heavy atom. The number of hydrogen-bond donors (Lipinski definition) is 1. The van der Waals surface area contributed by atoms with Crippen LogP contribution in [-0.2, 0) is 4.79 Å². The molecule has 0 saturated carbocycles. The molecule has 0 aliphatic carbocycles. The molecule has 1 aliphatic heterocycles. The lowest BCUT2D eigenvalue weighted by molar-refractivity contribution is -0.129. The summed E-state index contributed by atoms with van der Waals surface area (Å²) in [4.78, 5) is 13.2. The first-order valence-corrected chi connectivity index (χ1v) is 6.93. The van der Waals surface area contributed by atoms with Crippen molar-refractivity contribution < 1.29 is 9.32 Å². The summed E-state index contributed by atoms with van der Waals surface area (Å²) in [5, 5.41) is 7.62. The van der Waals surface area contributed by atoms with E-state index in [9.17, 15) is 4.79 Å². The monoisotopic (exact) mass is 265 g/mol. The maximum atomic E-state index is 11.3. The van der Waals surface area contributed by atoms with Gasteiger partial charge >= 0.3 is 0 Å². The van der Waals surface area contributed by atoms with Gasteiger partial charge < -0.3 is 14.7 Å². The average Bonchev–Trinajstić information content (AvgIpc) is 2.69. The molecule has 1 fully saturated rings. The first-order valence-electron chi connectivity index (χ1n) is 6.93. The van der Waals surface area contributed by atoms with Crippen LogP contribution in [-0.4, -0.2) is 35.1 Å². The summed E-state index contributed by atoms with van der Waals surface area (Å²) in [7, 11) is 0. The van der Waals surface area contributed by atoms with Crippen LogP contribution in [0.3, 0.4) is 0 Å². The lowest BCUT2D eigenvalue weighted by atomic mass is 10.0. The normalized spacial score (nSPS) is 18.6. The zero-order valence-corrected chi connectivity index (χ0v) is 12.2. The Labute approximate surface area is 114 Å². The average molecular weight is 265 g/mol. The summed E-state index contributed by atoms with van der Waals surface area (Å²) in [5.41, 5.74) is 2.12. The fourth-order valence-corrected chi connectivity index (χ4v) is 2.91. The SMILES string of the molecule is CC(=O)N1CCC(NC(C)c2c(C)noc2C)CC1. The second-order valence-electron chi connectivity index (χ2n) is 5.41. The molecular weight excluding hydrogens is 242 g/mol. The molecule has 19 heavy (non-hydrogen) atoms. The number of amides is 1. The summed E-state index contributed by atoms with van der Waals surface area (Å²) >= 11 is 0. The summed E-state index contributed by atoms with van der Waals surface area (Å²) in [6, 6.07) is 0.694. The van der Waals surface area contributed by atoms with Gasteiger partial charge in [-0.15, -0.1) is 0 Å². The Bertz CT molecular complexity index is 428. The smallest absolute Gasteiger partial charge is 0.219 e. The van der Waals surface area contributed by atoms with Crippen LogP contribution in [0.1, 0.15) is 49.7 Å². The number of carbonyl (C=O) groups excluding carboxylic acids is 1. The molecular formula is C14H23N3O2. The van der Waals surface area contributed by atoms with Gasteiger partial charge in [0.2, 0.25) is 5.91 Å². The van der Waals surface area contributed by atoms with Crippen molar-refractivity contribution in [1.82, 2.24) is 15.4 Å². The van der Waals surface area contributed by atoms with Crippen LogP contribution in [0.2, 0.25) is 0 Å². The van der Waals surface area contributed by atoms with E-state index in [1.807, 2.05) is 18.7 Å². The highest BCUT2D eigenvalue weighted by atomic mass is 16.5. The predicted molar refractivity (Wildman–Crippen MR) is 72.8 cm³/mol. The maximum absolute atomic E-state index is 11.3. The summed E-state index contributed by atoms with van der Waals surface area (Å²) in [5.74, 6) is 1.07. The van der Waals surface area contributed by atoms with Gasteiger partial charge in [0, 0.05) is 37.7 Å². The molecule has 1 aromatic rings. The van der Waals surface area contributed by atoms with E-state index in [2.05, 4.69) is 17.4 Å². The molecule has 2 rings (SSSR count). The van der Waals surface area contributed by atoms with Crippen molar-refractivity contribution in [2.45, 2.75) is 52.6 Å². The molecule has 1 aliphatic rings. The van der Waals surface area contributed by atoms with Crippen molar-refractivity contribution in [2.75, 3.05) is 13.1 Å². The highest BCUT2D eigenvalue weighted by Gasteiger charge is 2.24. The van der Waals surface area contributed by atoms with Crippen LogP contribution in [0.15, 0.2) is 4.52 Å². The molecule has 1 atom stereocenters. The second-order valence-corrected chi connectivity index (χ2v) is 5.41. The molecule has 5 heteroatoms. The molecule has 1 N–H and O–H groups in total. The van der Waals surface area contributed by atoms with E-state index in [0.29, 0.717) is 6.04 Å². The first kappa shape index (κ1) is 14.1. The number of hydrogen-bond acceptors (Lipinski definition) is 4. The third-order valence-corrected chi connectivity index (χ3v) is 3.95. The molecule has 106 valence electrons. The third-order valence-electron chi connectivity index (χ3n) is 3.95. The molecule has 2 heterocycles. The molecule has 1 aromatic heterocycles.